The standard InChI is InChI=1S/C15H18N2O/c1-2-4-14-11-15(6-5-13(14)3-1)18-10-9-17-8-7-16-12-17/h5-8,11-12H,1-4,9-10H2. The Morgan fingerprint density at radius 1 is 1.17 bits per heavy atom. The number of fused-ring (bicyclic) bond motifs is 1. The van der Waals surface area contributed by atoms with E-state index in [9.17, 15) is 0 Å². The molecular formula is C15H18N2O. The lowest BCUT2D eigenvalue weighted by Crippen LogP contribution is -2.08. The zero-order valence-electron chi connectivity index (χ0n) is 10.5. The lowest BCUT2D eigenvalue weighted by molar-refractivity contribution is 0.298. The summed E-state index contributed by atoms with van der Waals surface area (Å²) in [4.78, 5) is 4.01. The third kappa shape index (κ3) is 2.55. The highest BCUT2D eigenvalue weighted by atomic mass is 16.5. The summed E-state index contributed by atoms with van der Waals surface area (Å²) in [6, 6.07) is 6.53. The summed E-state index contributed by atoms with van der Waals surface area (Å²) in [6.07, 6.45) is 10.6. The Bertz CT molecular complexity index is 505. The number of aryl methyl sites for hydroxylation is 2. The maximum atomic E-state index is 5.80. The van der Waals surface area contributed by atoms with Crippen LogP contribution in [0.3, 0.4) is 0 Å². The monoisotopic (exact) mass is 242 g/mol. The van der Waals surface area contributed by atoms with Gasteiger partial charge in [0.2, 0.25) is 0 Å². The number of hydrogen-bond donors (Lipinski definition) is 0. The Hall–Kier alpha value is -1.77. The van der Waals surface area contributed by atoms with Crippen LogP contribution in [0.2, 0.25) is 0 Å². The van der Waals surface area contributed by atoms with Gasteiger partial charge in [-0.05, 0) is 48.9 Å². The van der Waals surface area contributed by atoms with Gasteiger partial charge in [0, 0.05) is 12.4 Å². The molecule has 3 nitrogen and oxygen atoms in total. The van der Waals surface area contributed by atoms with Crippen LogP contribution in [0.4, 0.5) is 0 Å². The molecule has 0 atom stereocenters. The molecule has 0 saturated carbocycles. The van der Waals surface area contributed by atoms with Crippen molar-refractivity contribution in [1.82, 2.24) is 9.55 Å². The van der Waals surface area contributed by atoms with E-state index in [4.69, 9.17) is 4.74 Å². The summed E-state index contributed by atoms with van der Waals surface area (Å²) >= 11 is 0. The molecule has 1 aliphatic carbocycles. The minimum atomic E-state index is 0.690. The van der Waals surface area contributed by atoms with E-state index in [1.54, 1.807) is 6.20 Å². The third-order valence-corrected chi connectivity index (χ3v) is 3.50. The van der Waals surface area contributed by atoms with Crippen LogP contribution in [0.5, 0.6) is 5.75 Å². The van der Waals surface area contributed by atoms with Crippen molar-refractivity contribution in [3.8, 4) is 5.75 Å². The average molecular weight is 242 g/mol. The Morgan fingerprint density at radius 2 is 2.06 bits per heavy atom. The van der Waals surface area contributed by atoms with Gasteiger partial charge in [0.25, 0.3) is 0 Å². The van der Waals surface area contributed by atoms with E-state index in [1.807, 2.05) is 17.1 Å². The minimum absolute atomic E-state index is 0.690. The van der Waals surface area contributed by atoms with Crippen molar-refractivity contribution in [2.45, 2.75) is 32.2 Å². The van der Waals surface area contributed by atoms with Crippen LogP contribution in [0.15, 0.2) is 36.9 Å². The molecule has 2 aromatic rings. The highest BCUT2D eigenvalue weighted by Gasteiger charge is 2.09. The smallest absolute Gasteiger partial charge is 0.119 e. The van der Waals surface area contributed by atoms with E-state index in [-0.39, 0.29) is 0 Å². The number of imidazole rings is 1. The second-order valence-corrected chi connectivity index (χ2v) is 4.79. The first kappa shape index (κ1) is 11.3. The first-order valence-electron chi connectivity index (χ1n) is 6.62. The molecule has 0 N–H and O–H groups in total. The van der Waals surface area contributed by atoms with Gasteiger partial charge in [0.05, 0.1) is 12.9 Å². The summed E-state index contributed by atoms with van der Waals surface area (Å²) in [5, 5.41) is 0. The van der Waals surface area contributed by atoms with E-state index in [2.05, 4.69) is 23.2 Å². The molecule has 1 aliphatic rings. The summed E-state index contributed by atoms with van der Waals surface area (Å²) in [6.45, 7) is 1.53. The third-order valence-electron chi connectivity index (χ3n) is 3.50. The molecule has 18 heavy (non-hydrogen) atoms. The van der Waals surface area contributed by atoms with Gasteiger partial charge in [0.1, 0.15) is 12.4 Å². The lowest BCUT2D eigenvalue weighted by Gasteiger charge is -2.16. The number of ether oxygens (including phenoxy) is 1. The van der Waals surface area contributed by atoms with Crippen LogP contribution in [-0.4, -0.2) is 16.2 Å². The van der Waals surface area contributed by atoms with Crippen LogP contribution in [0.1, 0.15) is 24.0 Å². The minimum Gasteiger partial charge on any atom is -0.492 e. The van der Waals surface area contributed by atoms with Gasteiger partial charge < -0.3 is 9.30 Å². The van der Waals surface area contributed by atoms with Crippen LogP contribution in [0, 0.1) is 0 Å². The van der Waals surface area contributed by atoms with E-state index in [0.29, 0.717) is 6.61 Å². The number of aromatic nitrogens is 2. The highest BCUT2D eigenvalue weighted by Crippen LogP contribution is 2.25. The Balaban J connectivity index is 1.59. The highest BCUT2D eigenvalue weighted by molar-refractivity contribution is 5.37. The van der Waals surface area contributed by atoms with Crippen LogP contribution >= 0.6 is 0 Å². The SMILES string of the molecule is c1cn(CCOc2ccc3c(c2)CCCC3)cn1. The summed E-state index contributed by atoms with van der Waals surface area (Å²) < 4.78 is 7.82. The predicted octanol–water partition coefficient (Wildman–Crippen LogP) is 2.84. The second kappa shape index (κ2) is 5.25. The molecule has 0 unspecified atom stereocenters. The molecule has 0 fully saturated rings. The van der Waals surface area contributed by atoms with Crippen LogP contribution in [0.25, 0.3) is 0 Å². The summed E-state index contributed by atoms with van der Waals surface area (Å²) in [5.41, 5.74) is 2.98. The van der Waals surface area contributed by atoms with E-state index in [1.165, 1.54) is 36.8 Å². The zero-order valence-corrected chi connectivity index (χ0v) is 10.5. The van der Waals surface area contributed by atoms with E-state index < -0.39 is 0 Å². The Labute approximate surface area is 107 Å². The largest absolute Gasteiger partial charge is 0.492 e. The molecule has 0 radical (unpaired) electrons. The lowest BCUT2D eigenvalue weighted by atomic mass is 9.92. The fourth-order valence-electron chi connectivity index (χ4n) is 2.49. The van der Waals surface area contributed by atoms with Gasteiger partial charge in [-0.2, -0.15) is 0 Å². The molecular weight excluding hydrogens is 224 g/mol. The van der Waals surface area contributed by atoms with Gasteiger partial charge in [0.15, 0.2) is 0 Å². The number of benzene rings is 1. The Kier molecular flexibility index (Phi) is 3.31. The number of hydrogen-bond acceptors (Lipinski definition) is 2. The van der Waals surface area contributed by atoms with Crippen LogP contribution < -0.4 is 4.74 Å². The predicted molar refractivity (Wildman–Crippen MR) is 70.8 cm³/mol. The molecule has 3 heteroatoms. The molecule has 0 spiro atoms. The van der Waals surface area contributed by atoms with E-state index >= 15 is 0 Å². The quantitative estimate of drug-likeness (QED) is 0.824. The van der Waals surface area contributed by atoms with Gasteiger partial charge in [-0.3, -0.25) is 0 Å². The van der Waals surface area contributed by atoms with Crippen LogP contribution in [-0.2, 0) is 19.4 Å². The molecule has 0 aliphatic heterocycles. The van der Waals surface area contributed by atoms with Gasteiger partial charge in [-0.1, -0.05) is 6.07 Å². The first-order valence-corrected chi connectivity index (χ1v) is 6.62. The first-order chi connectivity index (χ1) is 8.92. The van der Waals surface area contributed by atoms with E-state index in [0.717, 1.165) is 12.3 Å². The fraction of sp³-hybridized carbons (Fsp3) is 0.400. The van der Waals surface area contributed by atoms with Crippen molar-refractivity contribution in [1.29, 1.82) is 0 Å². The molecule has 1 aromatic carbocycles. The zero-order chi connectivity index (χ0) is 12.2. The molecule has 3 rings (SSSR count). The van der Waals surface area contributed by atoms with Crippen molar-refractivity contribution in [3.05, 3.63) is 48.0 Å². The average Bonchev–Trinajstić information content (AvgIpc) is 2.92. The maximum absolute atomic E-state index is 5.80. The summed E-state index contributed by atoms with van der Waals surface area (Å²) in [7, 11) is 0. The van der Waals surface area contributed by atoms with Gasteiger partial charge in [-0.25, -0.2) is 4.98 Å². The van der Waals surface area contributed by atoms with Crippen molar-refractivity contribution >= 4 is 0 Å². The fourth-order valence-corrected chi connectivity index (χ4v) is 2.49. The van der Waals surface area contributed by atoms with Crippen molar-refractivity contribution in [2.24, 2.45) is 0 Å². The molecule has 1 aromatic heterocycles. The van der Waals surface area contributed by atoms with Crippen molar-refractivity contribution in [3.63, 3.8) is 0 Å². The summed E-state index contributed by atoms with van der Waals surface area (Å²) in [5.74, 6) is 0.996. The van der Waals surface area contributed by atoms with Gasteiger partial charge in [-0.15, -0.1) is 0 Å². The maximum Gasteiger partial charge on any atom is 0.119 e. The molecule has 0 bridgehead atoms. The van der Waals surface area contributed by atoms with Crippen molar-refractivity contribution < 1.29 is 4.74 Å². The topological polar surface area (TPSA) is 27.1 Å². The normalized spacial score (nSPS) is 14.2. The number of rotatable bonds is 4. The molecule has 94 valence electrons. The second-order valence-electron chi connectivity index (χ2n) is 4.79. The molecule has 0 saturated heterocycles. The molecule has 0 amide bonds. The van der Waals surface area contributed by atoms with Crippen molar-refractivity contribution in [2.75, 3.05) is 6.61 Å². The Morgan fingerprint density at radius 3 is 2.89 bits per heavy atom. The number of nitrogens with zero attached hydrogens (tertiary/aromatic N) is 2. The molecule has 1 heterocycles. The van der Waals surface area contributed by atoms with Gasteiger partial charge >= 0.3 is 0 Å².